The average Bonchev–Trinajstić information content (AvgIpc) is 2.47. The van der Waals surface area contributed by atoms with Crippen molar-refractivity contribution in [3.63, 3.8) is 0 Å². The summed E-state index contributed by atoms with van der Waals surface area (Å²) in [5.41, 5.74) is 3.62. The van der Waals surface area contributed by atoms with E-state index in [-0.39, 0.29) is 5.75 Å². The Kier molecular flexibility index (Phi) is 4.11. The number of anilines is 1. The van der Waals surface area contributed by atoms with Crippen LogP contribution in [-0.4, -0.2) is 12.2 Å². The van der Waals surface area contributed by atoms with E-state index in [1.807, 2.05) is 25.1 Å². The first-order valence-electron chi connectivity index (χ1n) is 6.24. The minimum Gasteiger partial charge on any atom is -0.504 e. The van der Waals surface area contributed by atoms with Crippen LogP contribution in [0.15, 0.2) is 36.4 Å². The molecule has 2 N–H and O–H groups in total. The minimum absolute atomic E-state index is 0.124. The molecule has 0 fully saturated rings. The lowest BCUT2D eigenvalue weighted by Crippen LogP contribution is -2.01. The van der Waals surface area contributed by atoms with Gasteiger partial charge in [-0.1, -0.05) is 12.1 Å². The van der Waals surface area contributed by atoms with Crippen molar-refractivity contribution in [3.8, 4) is 17.6 Å². The fourth-order valence-electron chi connectivity index (χ4n) is 1.91. The van der Waals surface area contributed by atoms with E-state index in [0.717, 1.165) is 16.8 Å². The molecule has 0 aliphatic heterocycles. The van der Waals surface area contributed by atoms with Crippen LogP contribution in [0.1, 0.15) is 16.7 Å². The Balaban J connectivity index is 2.15. The maximum Gasteiger partial charge on any atom is 0.160 e. The van der Waals surface area contributed by atoms with E-state index >= 15 is 0 Å². The van der Waals surface area contributed by atoms with Gasteiger partial charge in [-0.05, 0) is 42.3 Å². The first-order valence-corrected chi connectivity index (χ1v) is 6.24. The summed E-state index contributed by atoms with van der Waals surface area (Å²) in [6.07, 6.45) is 0. The molecule has 0 amide bonds. The number of nitrogens with zero attached hydrogens (tertiary/aromatic N) is 1. The molecular formula is C16H16N2O2. The second-order valence-electron chi connectivity index (χ2n) is 4.50. The summed E-state index contributed by atoms with van der Waals surface area (Å²) in [6, 6.07) is 12.9. The average molecular weight is 268 g/mol. The molecule has 20 heavy (non-hydrogen) atoms. The van der Waals surface area contributed by atoms with E-state index in [9.17, 15) is 5.11 Å². The van der Waals surface area contributed by atoms with Gasteiger partial charge in [-0.25, -0.2) is 0 Å². The summed E-state index contributed by atoms with van der Waals surface area (Å²) < 4.78 is 5.08. The SMILES string of the molecule is COc1cc(CNc2cc(C#N)ccc2C)ccc1O. The van der Waals surface area contributed by atoms with Crippen LogP contribution in [0.4, 0.5) is 5.69 Å². The molecular weight excluding hydrogens is 252 g/mol. The number of aromatic hydroxyl groups is 1. The lowest BCUT2D eigenvalue weighted by Gasteiger charge is -2.11. The minimum atomic E-state index is 0.124. The Bertz CT molecular complexity index is 660. The summed E-state index contributed by atoms with van der Waals surface area (Å²) in [6.45, 7) is 2.58. The highest BCUT2D eigenvalue weighted by Crippen LogP contribution is 2.27. The molecule has 102 valence electrons. The summed E-state index contributed by atoms with van der Waals surface area (Å²) in [5.74, 6) is 0.575. The number of ether oxygens (including phenoxy) is 1. The summed E-state index contributed by atoms with van der Waals surface area (Å²) in [4.78, 5) is 0. The van der Waals surface area contributed by atoms with Gasteiger partial charge in [0.15, 0.2) is 11.5 Å². The molecule has 4 nitrogen and oxygen atoms in total. The number of aryl methyl sites for hydroxylation is 1. The van der Waals surface area contributed by atoms with E-state index in [1.165, 1.54) is 7.11 Å². The second-order valence-corrected chi connectivity index (χ2v) is 4.50. The summed E-state index contributed by atoms with van der Waals surface area (Å²) >= 11 is 0. The molecule has 0 saturated heterocycles. The van der Waals surface area contributed by atoms with Crippen molar-refractivity contribution in [1.29, 1.82) is 5.26 Å². The van der Waals surface area contributed by atoms with Crippen molar-refractivity contribution in [2.75, 3.05) is 12.4 Å². The molecule has 2 rings (SSSR count). The van der Waals surface area contributed by atoms with Gasteiger partial charge in [0.1, 0.15) is 0 Å². The molecule has 0 saturated carbocycles. The molecule has 4 heteroatoms. The summed E-state index contributed by atoms with van der Waals surface area (Å²) in [5, 5.41) is 21.8. The largest absolute Gasteiger partial charge is 0.504 e. The van der Waals surface area contributed by atoms with Crippen LogP contribution in [0.3, 0.4) is 0 Å². The number of rotatable bonds is 4. The number of nitrogens with one attached hydrogen (secondary N) is 1. The first kappa shape index (κ1) is 13.8. The quantitative estimate of drug-likeness (QED) is 0.893. The normalized spacial score (nSPS) is 9.85. The van der Waals surface area contributed by atoms with Gasteiger partial charge in [0.05, 0.1) is 18.7 Å². The predicted octanol–water partition coefficient (Wildman–Crippen LogP) is 3.19. The Hall–Kier alpha value is -2.67. The lowest BCUT2D eigenvalue weighted by atomic mass is 10.1. The second kappa shape index (κ2) is 5.98. The van der Waals surface area contributed by atoms with Crippen molar-refractivity contribution >= 4 is 5.69 Å². The van der Waals surface area contributed by atoms with Crippen LogP contribution in [0.5, 0.6) is 11.5 Å². The Morgan fingerprint density at radius 2 is 2.05 bits per heavy atom. The van der Waals surface area contributed by atoms with Crippen LogP contribution < -0.4 is 10.1 Å². The number of phenols is 1. The zero-order valence-electron chi connectivity index (χ0n) is 11.5. The van der Waals surface area contributed by atoms with Crippen LogP contribution in [-0.2, 0) is 6.54 Å². The van der Waals surface area contributed by atoms with Crippen LogP contribution in [0, 0.1) is 18.3 Å². The van der Waals surface area contributed by atoms with E-state index in [1.54, 1.807) is 18.2 Å². The molecule has 0 heterocycles. The highest BCUT2D eigenvalue weighted by atomic mass is 16.5. The van der Waals surface area contributed by atoms with Crippen LogP contribution in [0.2, 0.25) is 0 Å². The number of benzene rings is 2. The molecule has 0 atom stereocenters. The third-order valence-electron chi connectivity index (χ3n) is 3.09. The standard InChI is InChI=1S/C16H16N2O2/c1-11-3-4-12(9-17)7-14(11)18-10-13-5-6-15(19)16(8-13)20-2/h3-8,18-19H,10H2,1-2H3. The molecule has 0 aliphatic carbocycles. The van der Waals surface area contributed by atoms with E-state index in [2.05, 4.69) is 11.4 Å². The molecule has 0 spiro atoms. The number of hydrogen-bond acceptors (Lipinski definition) is 4. The van der Waals surface area contributed by atoms with Gasteiger partial charge in [-0.2, -0.15) is 5.26 Å². The van der Waals surface area contributed by atoms with Gasteiger partial charge in [0.25, 0.3) is 0 Å². The molecule has 0 aliphatic rings. The fraction of sp³-hybridized carbons (Fsp3) is 0.188. The maximum atomic E-state index is 9.55. The molecule has 0 bridgehead atoms. The van der Waals surface area contributed by atoms with Gasteiger partial charge in [0, 0.05) is 12.2 Å². The van der Waals surface area contributed by atoms with Crippen molar-refractivity contribution in [2.24, 2.45) is 0 Å². The smallest absolute Gasteiger partial charge is 0.160 e. The maximum absolute atomic E-state index is 9.55. The van der Waals surface area contributed by atoms with Crippen molar-refractivity contribution in [2.45, 2.75) is 13.5 Å². The van der Waals surface area contributed by atoms with Crippen LogP contribution in [0.25, 0.3) is 0 Å². The van der Waals surface area contributed by atoms with E-state index in [0.29, 0.717) is 17.9 Å². The molecule has 2 aromatic rings. The number of phenolic OH excluding ortho intramolecular Hbond substituents is 1. The van der Waals surface area contributed by atoms with Crippen molar-refractivity contribution in [3.05, 3.63) is 53.1 Å². The molecule has 0 aromatic heterocycles. The highest BCUT2D eigenvalue weighted by Gasteiger charge is 2.04. The highest BCUT2D eigenvalue weighted by molar-refractivity contribution is 5.55. The lowest BCUT2D eigenvalue weighted by molar-refractivity contribution is 0.373. The predicted molar refractivity (Wildman–Crippen MR) is 77.9 cm³/mol. The molecule has 0 unspecified atom stereocenters. The van der Waals surface area contributed by atoms with Crippen molar-refractivity contribution < 1.29 is 9.84 Å². The van der Waals surface area contributed by atoms with Gasteiger partial charge in [0.2, 0.25) is 0 Å². The Labute approximate surface area is 118 Å². The monoisotopic (exact) mass is 268 g/mol. The molecule has 0 radical (unpaired) electrons. The fourth-order valence-corrected chi connectivity index (χ4v) is 1.91. The number of nitriles is 1. The number of methoxy groups -OCH3 is 1. The van der Waals surface area contributed by atoms with E-state index < -0.39 is 0 Å². The zero-order chi connectivity index (χ0) is 14.5. The van der Waals surface area contributed by atoms with Gasteiger partial charge < -0.3 is 15.2 Å². The first-order chi connectivity index (χ1) is 9.63. The number of hydrogen-bond donors (Lipinski definition) is 2. The topological polar surface area (TPSA) is 65.3 Å². The third-order valence-corrected chi connectivity index (χ3v) is 3.09. The van der Waals surface area contributed by atoms with E-state index in [4.69, 9.17) is 10.00 Å². The third kappa shape index (κ3) is 3.01. The van der Waals surface area contributed by atoms with Crippen LogP contribution >= 0.6 is 0 Å². The Morgan fingerprint density at radius 1 is 1.25 bits per heavy atom. The van der Waals surface area contributed by atoms with Gasteiger partial charge >= 0.3 is 0 Å². The summed E-state index contributed by atoms with van der Waals surface area (Å²) in [7, 11) is 1.52. The van der Waals surface area contributed by atoms with Gasteiger partial charge in [-0.3, -0.25) is 0 Å². The van der Waals surface area contributed by atoms with Crippen molar-refractivity contribution in [1.82, 2.24) is 0 Å². The molecule has 2 aromatic carbocycles. The van der Waals surface area contributed by atoms with Gasteiger partial charge in [-0.15, -0.1) is 0 Å². The zero-order valence-corrected chi connectivity index (χ0v) is 11.5. The Morgan fingerprint density at radius 3 is 2.75 bits per heavy atom.